The summed E-state index contributed by atoms with van der Waals surface area (Å²) in [6, 6.07) is 0. The molecular formula is C22H27BrO3. The van der Waals surface area contributed by atoms with E-state index < -0.39 is 5.60 Å². The lowest BCUT2D eigenvalue weighted by Gasteiger charge is -2.55. The first-order valence-corrected chi connectivity index (χ1v) is 10.8. The van der Waals surface area contributed by atoms with Gasteiger partial charge >= 0.3 is 5.97 Å². The van der Waals surface area contributed by atoms with Gasteiger partial charge in [-0.1, -0.05) is 12.5 Å². The van der Waals surface area contributed by atoms with Crippen molar-refractivity contribution in [3.63, 3.8) is 0 Å². The van der Waals surface area contributed by atoms with Gasteiger partial charge in [-0.25, -0.2) is 0 Å². The number of carbonyl (C=O) groups excluding carboxylic acids is 2. The topological polar surface area (TPSA) is 43.4 Å². The van der Waals surface area contributed by atoms with Crippen LogP contribution in [0.1, 0.15) is 65.2 Å². The van der Waals surface area contributed by atoms with Gasteiger partial charge in [0.15, 0.2) is 11.4 Å². The maximum Gasteiger partial charge on any atom is 0.304 e. The lowest BCUT2D eigenvalue weighted by Crippen LogP contribution is -2.53. The van der Waals surface area contributed by atoms with Crippen molar-refractivity contribution in [3.8, 4) is 10.8 Å². The van der Waals surface area contributed by atoms with Crippen LogP contribution in [-0.2, 0) is 14.3 Å². The van der Waals surface area contributed by atoms with Crippen LogP contribution >= 0.6 is 15.9 Å². The van der Waals surface area contributed by atoms with Crippen molar-refractivity contribution in [2.75, 3.05) is 0 Å². The van der Waals surface area contributed by atoms with E-state index in [9.17, 15) is 9.59 Å². The van der Waals surface area contributed by atoms with Gasteiger partial charge in [0.1, 0.15) is 0 Å². The quantitative estimate of drug-likeness (QED) is 0.454. The highest BCUT2D eigenvalue weighted by Gasteiger charge is 2.64. The highest BCUT2D eigenvalue weighted by atomic mass is 79.9. The molecule has 0 heterocycles. The fraction of sp³-hybridized carbons (Fsp3) is 0.727. The van der Waals surface area contributed by atoms with Crippen molar-refractivity contribution >= 4 is 27.7 Å². The highest BCUT2D eigenvalue weighted by Crippen LogP contribution is 2.65. The maximum atomic E-state index is 11.9. The average molecular weight is 419 g/mol. The number of hydrogen-bond acceptors (Lipinski definition) is 3. The van der Waals surface area contributed by atoms with Gasteiger partial charge in [-0.15, -0.1) is 0 Å². The van der Waals surface area contributed by atoms with Crippen LogP contribution in [0.2, 0.25) is 0 Å². The second kappa shape index (κ2) is 6.51. The number of rotatable bonds is 1. The molecule has 0 bridgehead atoms. The lowest BCUT2D eigenvalue weighted by atomic mass is 9.50. The summed E-state index contributed by atoms with van der Waals surface area (Å²) in [5, 5.41) is 0. The van der Waals surface area contributed by atoms with E-state index in [2.05, 4.69) is 33.6 Å². The number of ketones is 1. The Bertz CT molecular complexity index is 729. The van der Waals surface area contributed by atoms with Crippen molar-refractivity contribution in [2.45, 2.75) is 70.8 Å². The number of hydrogen-bond donors (Lipinski definition) is 0. The molecule has 0 aromatic carbocycles. The van der Waals surface area contributed by atoms with Gasteiger partial charge in [-0.3, -0.25) is 9.59 Å². The summed E-state index contributed by atoms with van der Waals surface area (Å²) in [5.41, 5.74) is 0.679. The van der Waals surface area contributed by atoms with Crippen LogP contribution in [0.5, 0.6) is 0 Å². The molecule has 0 saturated heterocycles. The lowest BCUT2D eigenvalue weighted by molar-refractivity contribution is -0.167. The number of esters is 1. The molecule has 140 valence electrons. The first-order valence-electron chi connectivity index (χ1n) is 9.96. The number of allylic oxidation sites excluding steroid dienone is 1. The molecule has 0 radical (unpaired) electrons. The van der Waals surface area contributed by atoms with E-state index >= 15 is 0 Å². The molecule has 4 heteroatoms. The summed E-state index contributed by atoms with van der Waals surface area (Å²) < 4.78 is 5.91. The minimum absolute atomic E-state index is 0.0771. The van der Waals surface area contributed by atoms with E-state index in [1.54, 1.807) is 0 Å². The molecule has 0 aliphatic heterocycles. The van der Waals surface area contributed by atoms with Crippen LogP contribution in [0.25, 0.3) is 0 Å². The standard InChI is InChI=1S/C22H27BrO3/c1-14(24)26-22(11-12-23)10-8-20-19-5-3-15-13-16(25)4-6-17(15)18(19)7-9-21(20,22)2/h13,17-20H,3-10H2,1-2H3/t17-,18+,19+,20-,21-,22+/m0/s1. The van der Waals surface area contributed by atoms with Crippen LogP contribution in [0.15, 0.2) is 11.6 Å². The molecule has 4 aliphatic carbocycles. The van der Waals surface area contributed by atoms with Gasteiger partial charge in [0.25, 0.3) is 0 Å². The van der Waals surface area contributed by atoms with E-state index in [1.807, 2.05) is 6.08 Å². The predicted octanol–water partition coefficient (Wildman–Crippen LogP) is 4.79. The van der Waals surface area contributed by atoms with E-state index in [-0.39, 0.29) is 11.4 Å². The molecule has 3 saturated carbocycles. The molecule has 0 aromatic heterocycles. The minimum Gasteiger partial charge on any atom is -0.445 e. The van der Waals surface area contributed by atoms with Crippen molar-refractivity contribution in [1.82, 2.24) is 0 Å². The van der Waals surface area contributed by atoms with Crippen LogP contribution < -0.4 is 0 Å². The molecule has 6 atom stereocenters. The number of ether oxygens (including phenoxy) is 1. The van der Waals surface area contributed by atoms with E-state index in [0.717, 1.165) is 38.5 Å². The monoisotopic (exact) mass is 418 g/mol. The van der Waals surface area contributed by atoms with E-state index in [0.29, 0.717) is 35.9 Å². The summed E-state index contributed by atoms with van der Waals surface area (Å²) in [4.78, 5) is 26.6. The normalized spacial score (nSPS) is 44.0. The fourth-order valence-electron chi connectivity index (χ4n) is 6.90. The highest BCUT2D eigenvalue weighted by molar-refractivity contribution is 9.12. The first kappa shape index (κ1) is 18.3. The third-order valence-corrected chi connectivity index (χ3v) is 8.19. The second-order valence-corrected chi connectivity index (χ2v) is 9.34. The van der Waals surface area contributed by atoms with Gasteiger partial charge in [-0.2, -0.15) is 0 Å². The van der Waals surface area contributed by atoms with Gasteiger partial charge in [0.05, 0.1) is 0 Å². The Hall–Kier alpha value is -1.08. The number of carbonyl (C=O) groups is 2. The van der Waals surface area contributed by atoms with Crippen molar-refractivity contribution in [1.29, 1.82) is 0 Å². The smallest absolute Gasteiger partial charge is 0.304 e. The first-order chi connectivity index (χ1) is 12.4. The van der Waals surface area contributed by atoms with Gasteiger partial charge in [-0.05, 0) is 85.4 Å². The molecular weight excluding hydrogens is 392 g/mol. The zero-order chi connectivity index (χ0) is 18.5. The van der Waals surface area contributed by atoms with Crippen molar-refractivity contribution in [3.05, 3.63) is 11.6 Å². The van der Waals surface area contributed by atoms with Crippen molar-refractivity contribution < 1.29 is 14.3 Å². The number of halogens is 1. The Morgan fingerprint density at radius 3 is 2.73 bits per heavy atom. The van der Waals surface area contributed by atoms with Gasteiger partial charge in [0.2, 0.25) is 0 Å². The molecule has 4 rings (SSSR count). The maximum absolute atomic E-state index is 11.9. The summed E-state index contributed by atoms with van der Waals surface area (Å²) in [5.74, 6) is 5.84. The predicted molar refractivity (Wildman–Crippen MR) is 103 cm³/mol. The second-order valence-electron chi connectivity index (χ2n) is 8.94. The summed E-state index contributed by atoms with van der Waals surface area (Å²) >= 11 is 3.25. The summed E-state index contributed by atoms with van der Waals surface area (Å²) in [6.07, 6.45) is 10.0. The minimum atomic E-state index is -0.656. The summed E-state index contributed by atoms with van der Waals surface area (Å²) in [7, 11) is 0. The van der Waals surface area contributed by atoms with Crippen LogP contribution in [-0.4, -0.2) is 17.4 Å². The van der Waals surface area contributed by atoms with E-state index in [4.69, 9.17) is 4.74 Å². The largest absolute Gasteiger partial charge is 0.445 e. The molecule has 0 N–H and O–H groups in total. The molecule has 0 spiro atoms. The Kier molecular flexibility index (Phi) is 4.58. The molecule has 3 fully saturated rings. The Labute approximate surface area is 164 Å². The molecule has 26 heavy (non-hydrogen) atoms. The fourth-order valence-corrected chi connectivity index (χ4v) is 7.22. The number of fused-ring (bicyclic) bond motifs is 5. The molecule has 0 amide bonds. The average Bonchev–Trinajstić information content (AvgIpc) is 2.86. The molecule has 3 nitrogen and oxygen atoms in total. The van der Waals surface area contributed by atoms with Crippen LogP contribution in [0, 0.1) is 39.8 Å². The van der Waals surface area contributed by atoms with Crippen molar-refractivity contribution in [2.24, 2.45) is 29.1 Å². The Balaban J connectivity index is 1.66. The molecule has 0 aromatic rings. The van der Waals surface area contributed by atoms with E-state index in [1.165, 1.54) is 18.9 Å². The van der Waals surface area contributed by atoms with Gasteiger partial charge < -0.3 is 4.74 Å². The summed E-state index contributed by atoms with van der Waals surface area (Å²) in [6.45, 7) is 3.80. The molecule has 0 unspecified atom stereocenters. The Morgan fingerprint density at radius 1 is 1.19 bits per heavy atom. The SMILES string of the molecule is CC(=O)O[C@@]1(C#CBr)CC[C@H]2[C@@H]3CCC4=CC(=O)CC[C@@H]4[C@H]3CC[C@@]21C. The zero-order valence-electron chi connectivity index (χ0n) is 15.6. The third kappa shape index (κ3) is 2.61. The zero-order valence-corrected chi connectivity index (χ0v) is 17.2. The molecule has 4 aliphatic rings. The van der Waals surface area contributed by atoms with Crippen LogP contribution in [0.4, 0.5) is 0 Å². The van der Waals surface area contributed by atoms with Gasteiger partial charge in [0, 0.05) is 34.7 Å². The third-order valence-electron chi connectivity index (χ3n) is 7.99. The Morgan fingerprint density at radius 2 is 2.00 bits per heavy atom. The van der Waals surface area contributed by atoms with Crippen LogP contribution in [0.3, 0.4) is 0 Å².